The second-order valence-corrected chi connectivity index (χ2v) is 8.01. The van der Waals surface area contributed by atoms with Gasteiger partial charge >= 0.3 is 0 Å². The average molecular weight is 298 g/mol. The summed E-state index contributed by atoms with van der Waals surface area (Å²) < 4.78 is 28.6. The van der Waals surface area contributed by atoms with Crippen molar-refractivity contribution in [2.75, 3.05) is 13.1 Å². The Morgan fingerprint density at radius 1 is 1.42 bits per heavy atom. The number of hydrogen-bond acceptors (Lipinski definition) is 5. The van der Waals surface area contributed by atoms with E-state index in [9.17, 15) is 8.42 Å². The van der Waals surface area contributed by atoms with Crippen LogP contribution in [0.4, 0.5) is 0 Å². The van der Waals surface area contributed by atoms with Gasteiger partial charge in [0.25, 0.3) is 10.0 Å². The Bertz CT molecular complexity index is 663. The van der Waals surface area contributed by atoms with E-state index >= 15 is 0 Å². The quantitative estimate of drug-likeness (QED) is 0.856. The van der Waals surface area contributed by atoms with Gasteiger partial charge in [-0.25, -0.2) is 13.1 Å². The van der Waals surface area contributed by atoms with Gasteiger partial charge in [-0.1, -0.05) is 5.21 Å². The Hall–Kier alpha value is -1.25. The van der Waals surface area contributed by atoms with Crippen molar-refractivity contribution in [3.8, 4) is 0 Å². The van der Waals surface area contributed by atoms with Gasteiger partial charge in [-0.3, -0.25) is 0 Å². The molecule has 1 fully saturated rings. The van der Waals surface area contributed by atoms with Gasteiger partial charge in [-0.15, -0.1) is 16.4 Å². The van der Waals surface area contributed by atoms with Crippen molar-refractivity contribution in [2.45, 2.75) is 23.6 Å². The molecule has 0 aromatic carbocycles. The summed E-state index contributed by atoms with van der Waals surface area (Å²) in [7, 11) is -3.35. The highest BCUT2D eigenvalue weighted by Crippen LogP contribution is 2.29. The third-order valence-electron chi connectivity index (χ3n) is 3.25. The lowest BCUT2D eigenvalue weighted by molar-refractivity contribution is 0.429. The van der Waals surface area contributed by atoms with Gasteiger partial charge in [-0.2, -0.15) is 4.31 Å². The van der Waals surface area contributed by atoms with E-state index in [0.29, 0.717) is 17.3 Å². The number of thiophene rings is 1. The van der Waals surface area contributed by atoms with Gasteiger partial charge in [0.1, 0.15) is 4.21 Å². The predicted molar refractivity (Wildman–Crippen MR) is 71.5 cm³/mol. The summed E-state index contributed by atoms with van der Waals surface area (Å²) >= 11 is 1.32. The molecule has 0 amide bonds. The number of hydrogen-bond donors (Lipinski definition) is 0. The molecule has 102 valence electrons. The summed E-state index contributed by atoms with van der Waals surface area (Å²) in [6, 6.07) is 3.60. The van der Waals surface area contributed by atoms with Gasteiger partial charge in [0.15, 0.2) is 0 Å². The first-order valence-corrected chi connectivity index (χ1v) is 8.25. The molecule has 0 bridgehead atoms. The van der Waals surface area contributed by atoms with E-state index in [-0.39, 0.29) is 6.04 Å². The molecular weight excluding hydrogens is 284 g/mol. The van der Waals surface area contributed by atoms with Crippen LogP contribution in [-0.4, -0.2) is 40.8 Å². The number of nitrogens with zero attached hydrogens (tertiary/aromatic N) is 4. The van der Waals surface area contributed by atoms with Gasteiger partial charge in [0.2, 0.25) is 0 Å². The van der Waals surface area contributed by atoms with Crippen molar-refractivity contribution in [3.63, 3.8) is 0 Å². The minimum Gasteiger partial charge on any atom is -0.248 e. The highest BCUT2D eigenvalue weighted by molar-refractivity contribution is 7.91. The van der Waals surface area contributed by atoms with Crippen LogP contribution in [0.15, 0.2) is 28.7 Å². The fourth-order valence-electron chi connectivity index (χ4n) is 2.23. The molecule has 19 heavy (non-hydrogen) atoms. The monoisotopic (exact) mass is 298 g/mol. The van der Waals surface area contributed by atoms with Crippen molar-refractivity contribution in [3.05, 3.63) is 29.4 Å². The Morgan fingerprint density at radius 3 is 2.89 bits per heavy atom. The molecule has 0 spiro atoms. The van der Waals surface area contributed by atoms with Crippen molar-refractivity contribution >= 4 is 21.4 Å². The van der Waals surface area contributed by atoms with Crippen molar-refractivity contribution in [2.24, 2.45) is 0 Å². The van der Waals surface area contributed by atoms with Gasteiger partial charge in [0.05, 0.1) is 12.2 Å². The van der Waals surface area contributed by atoms with Crippen LogP contribution >= 0.6 is 11.3 Å². The van der Waals surface area contributed by atoms with E-state index in [0.717, 1.165) is 11.3 Å². The molecule has 0 aliphatic carbocycles. The molecule has 2 aromatic heterocycles. The van der Waals surface area contributed by atoms with Crippen LogP contribution in [0, 0.1) is 6.92 Å². The number of rotatable bonds is 3. The Labute approximate surface area is 115 Å². The minimum atomic E-state index is -3.35. The molecule has 6 nitrogen and oxygen atoms in total. The minimum absolute atomic E-state index is 0.0818. The predicted octanol–water partition coefficient (Wildman–Crippen LogP) is 1.28. The maximum absolute atomic E-state index is 12.5. The number of sulfonamides is 1. The Balaban J connectivity index is 1.81. The van der Waals surface area contributed by atoms with Gasteiger partial charge in [0, 0.05) is 24.2 Å². The topological polar surface area (TPSA) is 68.1 Å². The van der Waals surface area contributed by atoms with Crippen LogP contribution < -0.4 is 0 Å². The highest BCUT2D eigenvalue weighted by atomic mass is 32.2. The Morgan fingerprint density at radius 2 is 2.26 bits per heavy atom. The molecule has 1 aliphatic rings. The Kier molecular flexibility index (Phi) is 3.15. The summed E-state index contributed by atoms with van der Waals surface area (Å²) in [5.74, 6) is 0. The fourth-order valence-corrected chi connectivity index (χ4v) is 5.16. The van der Waals surface area contributed by atoms with Crippen LogP contribution in [0.1, 0.15) is 17.3 Å². The fraction of sp³-hybridized carbons (Fsp3) is 0.455. The van der Waals surface area contributed by atoms with E-state index in [1.807, 2.05) is 13.0 Å². The molecule has 0 unspecified atom stereocenters. The van der Waals surface area contributed by atoms with Crippen LogP contribution in [0.3, 0.4) is 0 Å². The number of aromatic nitrogens is 3. The van der Waals surface area contributed by atoms with E-state index in [1.54, 1.807) is 23.1 Å². The largest absolute Gasteiger partial charge is 0.252 e. The molecule has 8 heteroatoms. The first-order chi connectivity index (χ1) is 9.07. The van der Waals surface area contributed by atoms with Crippen LogP contribution in [0.2, 0.25) is 0 Å². The standard InChI is InChI=1S/C11H14N4O2S2/c1-9-2-3-11(18-9)19(16,17)14-6-4-10(8-14)15-7-5-12-13-15/h2-3,5,7,10H,4,6,8H2,1H3/t10-/m0/s1. The summed E-state index contributed by atoms with van der Waals surface area (Å²) in [4.78, 5) is 1.01. The van der Waals surface area contributed by atoms with E-state index in [2.05, 4.69) is 10.3 Å². The zero-order chi connectivity index (χ0) is 13.5. The van der Waals surface area contributed by atoms with E-state index in [1.165, 1.54) is 15.6 Å². The molecule has 1 atom stereocenters. The summed E-state index contributed by atoms with van der Waals surface area (Å²) in [5, 5.41) is 7.70. The SMILES string of the molecule is Cc1ccc(S(=O)(=O)N2CC[C@H](n3ccnn3)C2)s1. The van der Waals surface area contributed by atoms with Crippen LogP contribution in [0.25, 0.3) is 0 Å². The van der Waals surface area contributed by atoms with Crippen molar-refractivity contribution in [1.82, 2.24) is 19.3 Å². The van der Waals surface area contributed by atoms with Gasteiger partial charge in [-0.05, 0) is 25.5 Å². The second-order valence-electron chi connectivity index (χ2n) is 4.55. The molecule has 0 radical (unpaired) electrons. The summed E-state index contributed by atoms with van der Waals surface area (Å²) in [6.07, 6.45) is 4.16. The van der Waals surface area contributed by atoms with Gasteiger partial charge < -0.3 is 0 Å². The molecule has 2 aromatic rings. The highest BCUT2D eigenvalue weighted by Gasteiger charge is 2.34. The molecule has 3 rings (SSSR count). The zero-order valence-electron chi connectivity index (χ0n) is 10.4. The zero-order valence-corrected chi connectivity index (χ0v) is 12.1. The lowest BCUT2D eigenvalue weighted by Crippen LogP contribution is -2.28. The first-order valence-electron chi connectivity index (χ1n) is 6.00. The maximum atomic E-state index is 12.5. The third-order valence-corrected chi connectivity index (χ3v) is 6.58. The van der Waals surface area contributed by atoms with Crippen molar-refractivity contribution in [1.29, 1.82) is 0 Å². The molecule has 0 saturated carbocycles. The van der Waals surface area contributed by atoms with E-state index in [4.69, 9.17) is 0 Å². The maximum Gasteiger partial charge on any atom is 0.252 e. The van der Waals surface area contributed by atoms with Crippen molar-refractivity contribution < 1.29 is 8.42 Å². The summed E-state index contributed by atoms with van der Waals surface area (Å²) in [5.41, 5.74) is 0. The van der Waals surface area contributed by atoms with Crippen LogP contribution in [-0.2, 0) is 10.0 Å². The first kappa shape index (κ1) is 12.8. The average Bonchev–Trinajstić information content (AvgIpc) is 3.10. The summed E-state index contributed by atoms with van der Waals surface area (Å²) in [6.45, 7) is 2.90. The molecule has 0 N–H and O–H groups in total. The lowest BCUT2D eigenvalue weighted by Gasteiger charge is -2.15. The molecule has 3 heterocycles. The molecular formula is C11H14N4O2S2. The molecule has 1 saturated heterocycles. The third kappa shape index (κ3) is 2.31. The number of aryl methyl sites for hydroxylation is 1. The van der Waals surface area contributed by atoms with E-state index < -0.39 is 10.0 Å². The van der Waals surface area contributed by atoms with Crippen LogP contribution in [0.5, 0.6) is 0 Å². The lowest BCUT2D eigenvalue weighted by atomic mass is 10.3. The smallest absolute Gasteiger partial charge is 0.248 e. The second kappa shape index (κ2) is 4.69. The normalized spacial score (nSPS) is 21.0. The molecule has 1 aliphatic heterocycles.